The number of carbonyl (C=O) groups is 1. The van der Waals surface area contributed by atoms with Crippen molar-refractivity contribution in [3.05, 3.63) is 64.8 Å². The number of nitrogen functional groups attached to an aromatic ring is 1. The summed E-state index contributed by atoms with van der Waals surface area (Å²) in [5, 5.41) is 10.6. The summed E-state index contributed by atoms with van der Waals surface area (Å²) in [5.41, 5.74) is 13.7. The summed E-state index contributed by atoms with van der Waals surface area (Å²) in [4.78, 5) is 21.0. The third-order valence-corrected chi connectivity index (χ3v) is 7.37. The van der Waals surface area contributed by atoms with Gasteiger partial charge in [0.25, 0.3) is 0 Å². The number of aromatic nitrogens is 4. The molecule has 4 aromatic rings. The Kier molecular flexibility index (Phi) is 6.93. The van der Waals surface area contributed by atoms with E-state index in [4.69, 9.17) is 23.1 Å². The molecule has 188 valence electrons. The Morgan fingerprint density at radius 2 is 1.94 bits per heavy atom. The normalized spacial score (nSPS) is 18.9. The summed E-state index contributed by atoms with van der Waals surface area (Å²) in [6, 6.07) is 12.3. The van der Waals surface area contributed by atoms with Gasteiger partial charge in [0.1, 0.15) is 22.5 Å². The number of nitrogens with one attached hydrogen (secondary N) is 3. The Labute approximate surface area is 213 Å². The number of carbonyl (C=O) groups excluding carboxylic acids is 1. The first kappa shape index (κ1) is 24.3. The third-order valence-electron chi connectivity index (χ3n) is 7.09. The number of H-pyrrole nitrogens is 2. The molecule has 2 aromatic heterocycles. The van der Waals surface area contributed by atoms with E-state index < -0.39 is 11.9 Å². The first-order chi connectivity index (χ1) is 17.4. The smallest absolute Gasteiger partial charge is 0.223 e. The minimum absolute atomic E-state index is 0.0130. The molecule has 0 aliphatic heterocycles. The number of hydrogen-bond acceptors (Lipinski definition) is 5. The van der Waals surface area contributed by atoms with E-state index in [9.17, 15) is 4.79 Å². The summed E-state index contributed by atoms with van der Waals surface area (Å²) in [6.07, 6.45) is 4.04. The van der Waals surface area contributed by atoms with E-state index in [2.05, 4.69) is 25.5 Å². The average molecular weight is 510 g/mol. The van der Waals surface area contributed by atoms with Crippen LogP contribution in [0.1, 0.15) is 43.1 Å². The van der Waals surface area contributed by atoms with Crippen LogP contribution in [0.15, 0.2) is 42.5 Å². The number of hydrogen-bond donors (Lipinski definition) is 5. The van der Waals surface area contributed by atoms with Crippen molar-refractivity contribution in [3.8, 4) is 11.3 Å². The van der Waals surface area contributed by atoms with Gasteiger partial charge in [0.15, 0.2) is 5.82 Å². The zero-order valence-electron chi connectivity index (χ0n) is 19.7. The number of rotatable bonds is 7. The molecule has 1 aliphatic rings. The second-order valence-corrected chi connectivity index (χ2v) is 9.85. The summed E-state index contributed by atoms with van der Waals surface area (Å²) >= 11 is 6.51. The number of imidazole rings is 1. The van der Waals surface area contributed by atoms with E-state index in [0.717, 1.165) is 31.2 Å². The Morgan fingerprint density at radius 1 is 1.19 bits per heavy atom. The van der Waals surface area contributed by atoms with Gasteiger partial charge >= 0.3 is 0 Å². The second kappa shape index (κ2) is 10.3. The maximum Gasteiger partial charge on any atom is 0.223 e. The van der Waals surface area contributed by atoms with E-state index in [1.807, 2.05) is 30.3 Å². The predicted molar refractivity (Wildman–Crippen MR) is 139 cm³/mol. The van der Waals surface area contributed by atoms with Gasteiger partial charge in [0.2, 0.25) is 5.91 Å². The molecule has 5 rings (SSSR count). The van der Waals surface area contributed by atoms with Gasteiger partial charge in [-0.05, 0) is 62.3 Å². The topological polar surface area (TPSA) is 138 Å². The molecule has 1 aliphatic carbocycles. The van der Waals surface area contributed by atoms with Gasteiger partial charge in [0, 0.05) is 16.9 Å². The molecular formula is C26H29ClFN7O. The lowest BCUT2D eigenvalue weighted by atomic mass is 9.81. The number of amides is 1. The standard InChI is InChI=1S/C26H29ClFN7O/c27-23-22(17-12-20-18(11-19(17)28)24(30)35-34-20)32-25(33-23)21(10-14-4-2-1-3-5-14)31-26(36)16-8-6-15(13-29)7-9-16/h1-5,11-12,15-16,21H,6-10,13,29H2,(H,31,36)(H,32,33)(H3,30,34,35)/t15-,16-,21-/m0/s1. The molecule has 0 saturated heterocycles. The fraction of sp³-hybridized carbons (Fsp3) is 0.346. The molecule has 8 nitrogen and oxygen atoms in total. The Hall–Kier alpha value is -3.43. The van der Waals surface area contributed by atoms with Gasteiger partial charge in [-0.15, -0.1) is 0 Å². The Balaban J connectivity index is 1.44. The molecule has 1 atom stereocenters. The predicted octanol–water partition coefficient (Wildman–Crippen LogP) is 4.49. The third kappa shape index (κ3) is 4.94. The molecule has 1 amide bonds. The molecule has 0 radical (unpaired) electrons. The van der Waals surface area contributed by atoms with E-state index in [1.54, 1.807) is 6.07 Å². The Bertz CT molecular complexity index is 1360. The molecule has 2 aromatic carbocycles. The van der Waals surface area contributed by atoms with Crippen molar-refractivity contribution in [2.24, 2.45) is 17.6 Å². The lowest BCUT2D eigenvalue weighted by Crippen LogP contribution is -2.37. The highest BCUT2D eigenvalue weighted by atomic mass is 35.5. The summed E-state index contributed by atoms with van der Waals surface area (Å²) in [7, 11) is 0. The lowest BCUT2D eigenvalue weighted by Gasteiger charge is -2.28. The van der Waals surface area contributed by atoms with Crippen LogP contribution < -0.4 is 16.8 Å². The van der Waals surface area contributed by atoms with E-state index >= 15 is 4.39 Å². The van der Waals surface area contributed by atoms with Gasteiger partial charge < -0.3 is 21.8 Å². The monoisotopic (exact) mass is 509 g/mol. The minimum atomic E-state index is -0.518. The SMILES string of the molecule is NC[C@H]1CC[C@H](C(=O)N[C@@H](Cc2ccccc2)c2nc(-c3cc4[nH]nc(N)c4cc3F)c(Cl)[nH]2)CC1. The van der Waals surface area contributed by atoms with Crippen molar-refractivity contribution in [2.45, 2.75) is 38.1 Å². The number of aromatic amines is 2. The van der Waals surface area contributed by atoms with Crippen LogP contribution in [-0.4, -0.2) is 32.6 Å². The van der Waals surface area contributed by atoms with Crippen LogP contribution in [-0.2, 0) is 11.2 Å². The summed E-state index contributed by atoms with van der Waals surface area (Å²) in [6.45, 7) is 0.659. The van der Waals surface area contributed by atoms with Crippen LogP contribution in [0.2, 0.25) is 5.15 Å². The average Bonchev–Trinajstić information content (AvgIpc) is 3.45. The molecular weight excluding hydrogens is 481 g/mol. The van der Waals surface area contributed by atoms with Gasteiger partial charge in [-0.2, -0.15) is 5.10 Å². The maximum atomic E-state index is 15.0. The molecule has 0 unspecified atom stereocenters. The largest absolute Gasteiger partial charge is 0.382 e. The highest BCUT2D eigenvalue weighted by Gasteiger charge is 2.29. The van der Waals surface area contributed by atoms with Crippen LogP contribution in [0.4, 0.5) is 10.2 Å². The van der Waals surface area contributed by atoms with Gasteiger partial charge in [-0.3, -0.25) is 9.89 Å². The van der Waals surface area contributed by atoms with E-state index in [-0.39, 0.29) is 34.1 Å². The Morgan fingerprint density at radius 3 is 2.67 bits per heavy atom. The highest BCUT2D eigenvalue weighted by Crippen LogP contribution is 2.34. The zero-order chi connectivity index (χ0) is 25.2. The molecule has 7 N–H and O–H groups in total. The van der Waals surface area contributed by atoms with Crippen LogP contribution >= 0.6 is 11.6 Å². The number of fused-ring (bicyclic) bond motifs is 1. The minimum Gasteiger partial charge on any atom is -0.382 e. The number of anilines is 1. The van der Waals surface area contributed by atoms with E-state index in [1.165, 1.54) is 6.07 Å². The number of benzene rings is 2. The van der Waals surface area contributed by atoms with Crippen molar-refractivity contribution < 1.29 is 9.18 Å². The number of nitrogens with zero attached hydrogens (tertiary/aromatic N) is 2. The van der Waals surface area contributed by atoms with Crippen LogP contribution in [0.5, 0.6) is 0 Å². The van der Waals surface area contributed by atoms with Crippen molar-refractivity contribution >= 4 is 34.2 Å². The van der Waals surface area contributed by atoms with Crippen molar-refractivity contribution in [2.75, 3.05) is 12.3 Å². The van der Waals surface area contributed by atoms with Gasteiger partial charge in [-0.25, -0.2) is 9.37 Å². The highest BCUT2D eigenvalue weighted by molar-refractivity contribution is 6.32. The van der Waals surface area contributed by atoms with Crippen molar-refractivity contribution in [3.63, 3.8) is 0 Å². The number of halogens is 2. The van der Waals surface area contributed by atoms with Crippen LogP contribution in [0.25, 0.3) is 22.2 Å². The van der Waals surface area contributed by atoms with Crippen molar-refractivity contribution in [1.82, 2.24) is 25.5 Å². The first-order valence-corrected chi connectivity index (χ1v) is 12.5. The number of nitrogens with two attached hydrogens (primary N) is 2. The van der Waals surface area contributed by atoms with E-state index in [0.29, 0.717) is 35.6 Å². The van der Waals surface area contributed by atoms with Gasteiger partial charge in [-0.1, -0.05) is 41.9 Å². The molecule has 36 heavy (non-hydrogen) atoms. The zero-order valence-corrected chi connectivity index (χ0v) is 20.5. The lowest BCUT2D eigenvalue weighted by molar-refractivity contribution is -0.127. The maximum absolute atomic E-state index is 15.0. The fourth-order valence-electron chi connectivity index (χ4n) is 4.97. The second-order valence-electron chi connectivity index (χ2n) is 9.48. The molecule has 2 heterocycles. The summed E-state index contributed by atoms with van der Waals surface area (Å²) < 4.78 is 15.0. The molecule has 1 fully saturated rings. The van der Waals surface area contributed by atoms with Crippen LogP contribution in [0, 0.1) is 17.7 Å². The molecule has 1 saturated carbocycles. The summed E-state index contributed by atoms with van der Waals surface area (Å²) in [5.74, 6) is 0.568. The molecule has 0 bridgehead atoms. The quantitative estimate of drug-likeness (QED) is 0.250. The molecule has 10 heteroatoms. The van der Waals surface area contributed by atoms with Gasteiger partial charge in [0.05, 0.1) is 11.6 Å². The van der Waals surface area contributed by atoms with Crippen LogP contribution in [0.3, 0.4) is 0 Å². The van der Waals surface area contributed by atoms with Crippen molar-refractivity contribution in [1.29, 1.82) is 0 Å². The first-order valence-electron chi connectivity index (χ1n) is 12.2. The molecule has 0 spiro atoms. The fourth-order valence-corrected chi connectivity index (χ4v) is 5.21.